The summed E-state index contributed by atoms with van der Waals surface area (Å²) in [5, 5.41) is 26.0. The van der Waals surface area contributed by atoms with Crippen molar-refractivity contribution in [1.29, 1.82) is 0 Å². The summed E-state index contributed by atoms with van der Waals surface area (Å²) in [5.74, 6) is -0.300. The van der Waals surface area contributed by atoms with Gasteiger partial charge < -0.3 is 24.3 Å². The van der Waals surface area contributed by atoms with Gasteiger partial charge in [-0.05, 0) is 67.1 Å². The summed E-state index contributed by atoms with van der Waals surface area (Å²) in [6.07, 6.45) is 0.760. The van der Waals surface area contributed by atoms with Gasteiger partial charge in [0.1, 0.15) is 0 Å². The Balaban J connectivity index is 1.70. The van der Waals surface area contributed by atoms with Gasteiger partial charge >= 0.3 is 12.1 Å². The number of carbonyl (C=O) groups is 2. The highest BCUT2D eigenvalue weighted by Crippen LogP contribution is 2.40. The van der Waals surface area contributed by atoms with Gasteiger partial charge in [-0.1, -0.05) is 49.7 Å². The van der Waals surface area contributed by atoms with Gasteiger partial charge in [0.15, 0.2) is 5.69 Å². The molecule has 0 fully saturated rings. The van der Waals surface area contributed by atoms with Crippen LogP contribution in [0.25, 0.3) is 22.5 Å². The SMILES string of the molecule is CCCc1c(Cc2[nH]cnc2C(=O)OC(C)OC(=O)OC(C)C)ccc(-c2ccccc2-c2nn[nH]n2)c1C(C)(C)O. The summed E-state index contributed by atoms with van der Waals surface area (Å²) in [5.41, 5.74) is 4.52. The van der Waals surface area contributed by atoms with Gasteiger partial charge in [-0.25, -0.2) is 14.6 Å². The van der Waals surface area contributed by atoms with Crippen LogP contribution in [0.1, 0.15) is 80.8 Å². The Bertz CT molecular complexity index is 1520. The van der Waals surface area contributed by atoms with Gasteiger partial charge in [0.25, 0.3) is 0 Å². The van der Waals surface area contributed by atoms with Crippen molar-refractivity contribution in [2.45, 2.75) is 78.8 Å². The molecular formula is C30H36N6O6. The standard InChI is InChI=1S/C30H36N6O6/c1-7-10-20-19(15-24-26(32-16-31-24)28(37)41-18(4)42-29(38)40-17(2)3)13-14-22(25(20)30(5,6)39)21-11-8-9-12-23(21)27-33-35-36-34-27/h8-9,11-14,16-18,39H,7,10,15H2,1-6H3,(H,31,32)(H,33,34,35,36). The number of aromatic nitrogens is 6. The first-order valence-electron chi connectivity index (χ1n) is 13.8. The Labute approximate surface area is 243 Å². The number of tetrazole rings is 1. The van der Waals surface area contributed by atoms with Crippen LogP contribution in [0, 0.1) is 0 Å². The number of H-pyrrole nitrogens is 2. The second-order valence-corrected chi connectivity index (χ2v) is 10.6. The lowest BCUT2D eigenvalue weighted by molar-refractivity contribution is -0.0869. The van der Waals surface area contributed by atoms with Gasteiger partial charge in [-0.2, -0.15) is 5.21 Å². The minimum Gasteiger partial charge on any atom is -0.431 e. The lowest BCUT2D eigenvalue weighted by Gasteiger charge is -2.28. The molecule has 3 N–H and O–H groups in total. The minimum absolute atomic E-state index is 0.0708. The van der Waals surface area contributed by atoms with E-state index in [1.165, 1.54) is 13.3 Å². The maximum Gasteiger partial charge on any atom is 0.511 e. The van der Waals surface area contributed by atoms with E-state index in [9.17, 15) is 14.7 Å². The molecule has 0 radical (unpaired) electrons. The zero-order valence-electron chi connectivity index (χ0n) is 24.6. The lowest BCUT2D eigenvalue weighted by Crippen LogP contribution is -2.24. The normalized spacial score (nSPS) is 12.3. The van der Waals surface area contributed by atoms with E-state index >= 15 is 0 Å². The fraction of sp³-hybridized carbons (Fsp3) is 0.400. The van der Waals surface area contributed by atoms with E-state index < -0.39 is 24.0 Å². The number of benzene rings is 2. The lowest BCUT2D eigenvalue weighted by atomic mass is 9.80. The molecule has 42 heavy (non-hydrogen) atoms. The molecule has 0 aliphatic heterocycles. The van der Waals surface area contributed by atoms with Crippen LogP contribution < -0.4 is 0 Å². The first-order chi connectivity index (χ1) is 20.0. The summed E-state index contributed by atoms with van der Waals surface area (Å²) >= 11 is 0. The monoisotopic (exact) mass is 576 g/mol. The van der Waals surface area contributed by atoms with Crippen LogP contribution in [-0.4, -0.2) is 60.2 Å². The van der Waals surface area contributed by atoms with Crippen LogP contribution in [0.4, 0.5) is 4.79 Å². The van der Waals surface area contributed by atoms with Gasteiger partial charge in [0.2, 0.25) is 12.1 Å². The number of hydrogen-bond acceptors (Lipinski definition) is 10. The summed E-state index contributed by atoms with van der Waals surface area (Å²) in [6.45, 7) is 10.4. The van der Waals surface area contributed by atoms with Crippen molar-refractivity contribution < 1.29 is 28.9 Å². The van der Waals surface area contributed by atoms with Crippen molar-refractivity contribution in [3.05, 3.63) is 70.8 Å². The average Bonchev–Trinajstić information content (AvgIpc) is 3.61. The molecule has 2 heterocycles. The predicted molar refractivity (Wildman–Crippen MR) is 153 cm³/mol. The molecule has 222 valence electrons. The molecule has 1 unspecified atom stereocenters. The average molecular weight is 577 g/mol. The smallest absolute Gasteiger partial charge is 0.431 e. The molecule has 1 atom stereocenters. The molecule has 0 amide bonds. The molecule has 2 aromatic heterocycles. The highest BCUT2D eigenvalue weighted by atomic mass is 16.8. The topological polar surface area (TPSA) is 165 Å². The second kappa shape index (κ2) is 12.9. The quantitative estimate of drug-likeness (QED) is 0.162. The van der Waals surface area contributed by atoms with E-state index in [1.54, 1.807) is 27.7 Å². The number of nitrogens with zero attached hydrogens (tertiary/aromatic N) is 4. The third-order valence-corrected chi connectivity index (χ3v) is 6.47. The van der Waals surface area contributed by atoms with E-state index in [0.29, 0.717) is 24.4 Å². The highest BCUT2D eigenvalue weighted by Gasteiger charge is 2.29. The molecule has 0 aliphatic rings. The van der Waals surface area contributed by atoms with Crippen molar-refractivity contribution >= 4 is 12.1 Å². The number of ether oxygens (including phenoxy) is 3. The van der Waals surface area contributed by atoms with Crippen LogP contribution in [0.3, 0.4) is 0 Å². The molecule has 4 rings (SSSR count). The second-order valence-electron chi connectivity index (χ2n) is 10.6. The van der Waals surface area contributed by atoms with Crippen molar-refractivity contribution in [2.24, 2.45) is 0 Å². The van der Waals surface area contributed by atoms with Crippen molar-refractivity contribution in [2.75, 3.05) is 0 Å². The molecule has 0 bridgehead atoms. The Hall–Kier alpha value is -4.58. The number of aromatic amines is 2. The first kappa shape index (κ1) is 30.4. The zero-order chi connectivity index (χ0) is 30.4. The molecule has 12 nitrogen and oxygen atoms in total. The number of hydrogen-bond donors (Lipinski definition) is 3. The Morgan fingerprint density at radius 2 is 1.74 bits per heavy atom. The van der Waals surface area contributed by atoms with Crippen LogP contribution in [-0.2, 0) is 32.7 Å². The fourth-order valence-electron chi connectivity index (χ4n) is 4.91. The van der Waals surface area contributed by atoms with Crippen LogP contribution in [0.2, 0.25) is 0 Å². The van der Waals surface area contributed by atoms with Crippen LogP contribution in [0.5, 0.6) is 0 Å². The van der Waals surface area contributed by atoms with Crippen LogP contribution >= 0.6 is 0 Å². The first-order valence-corrected chi connectivity index (χ1v) is 13.8. The molecule has 12 heteroatoms. The summed E-state index contributed by atoms with van der Waals surface area (Å²) in [4.78, 5) is 32.0. The van der Waals surface area contributed by atoms with E-state index in [2.05, 4.69) is 37.5 Å². The number of carbonyl (C=O) groups excluding carboxylic acids is 2. The largest absolute Gasteiger partial charge is 0.511 e. The summed E-state index contributed by atoms with van der Waals surface area (Å²) in [7, 11) is 0. The number of imidazole rings is 1. The molecule has 0 saturated heterocycles. The van der Waals surface area contributed by atoms with Crippen molar-refractivity contribution in [1.82, 2.24) is 30.6 Å². The Morgan fingerprint density at radius 1 is 1.00 bits per heavy atom. The highest BCUT2D eigenvalue weighted by molar-refractivity contribution is 5.89. The third kappa shape index (κ3) is 7.00. The van der Waals surface area contributed by atoms with E-state index in [4.69, 9.17) is 14.2 Å². The van der Waals surface area contributed by atoms with E-state index in [-0.39, 0.29) is 11.8 Å². The van der Waals surface area contributed by atoms with Gasteiger partial charge in [0, 0.05) is 18.9 Å². The molecule has 2 aromatic carbocycles. The summed E-state index contributed by atoms with van der Waals surface area (Å²) < 4.78 is 15.2. The third-order valence-electron chi connectivity index (χ3n) is 6.47. The van der Waals surface area contributed by atoms with Crippen LogP contribution in [0.15, 0.2) is 42.7 Å². The van der Waals surface area contributed by atoms with Crippen molar-refractivity contribution in [3.63, 3.8) is 0 Å². The summed E-state index contributed by atoms with van der Waals surface area (Å²) in [6, 6.07) is 11.7. The number of nitrogens with one attached hydrogen (secondary N) is 2. The predicted octanol–water partition coefficient (Wildman–Crippen LogP) is 5.09. The number of aliphatic hydroxyl groups is 1. The van der Waals surface area contributed by atoms with E-state index in [0.717, 1.165) is 39.8 Å². The van der Waals surface area contributed by atoms with Gasteiger partial charge in [-0.15, -0.1) is 10.2 Å². The van der Waals surface area contributed by atoms with E-state index in [1.807, 2.05) is 36.4 Å². The van der Waals surface area contributed by atoms with Crippen molar-refractivity contribution in [3.8, 4) is 22.5 Å². The molecular weight excluding hydrogens is 540 g/mol. The number of esters is 1. The maximum absolute atomic E-state index is 13.0. The molecule has 0 aliphatic carbocycles. The molecule has 0 spiro atoms. The fourth-order valence-corrected chi connectivity index (χ4v) is 4.91. The molecule has 0 saturated carbocycles. The molecule has 4 aromatic rings. The maximum atomic E-state index is 13.0. The Kier molecular flexibility index (Phi) is 9.36. The number of rotatable bonds is 11. The van der Waals surface area contributed by atoms with Gasteiger partial charge in [-0.3, -0.25) is 0 Å². The minimum atomic E-state index is -1.20. The Morgan fingerprint density at radius 3 is 2.38 bits per heavy atom. The van der Waals surface area contributed by atoms with Gasteiger partial charge in [0.05, 0.1) is 23.7 Å². The zero-order valence-corrected chi connectivity index (χ0v) is 24.6.